The highest BCUT2D eigenvalue weighted by molar-refractivity contribution is 6.30. The van der Waals surface area contributed by atoms with Crippen LogP contribution in [0.25, 0.3) is 0 Å². The molecule has 3 rings (SSSR count). The molecule has 0 aliphatic rings. The molecule has 0 spiro atoms. The van der Waals surface area contributed by atoms with E-state index in [1.54, 1.807) is 19.2 Å². The van der Waals surface area contributed by atoms with E-state index >= 15 is 0 Å². The Morgan fingerprint density at radius 1 is 1.04 bits per heavy atom. The van der Waals surface area contributed by atoms with Crippen molar-refractivity contribution >= 4 is 40.4 Å². The number of hydrogen-bond donors (Lipinski definition) is 3. The number of halogens is 1. The lowest BCUT2D eigenvalue weighted by Crippen LogP contribution is -2.05. The Morgan fingerprint density at radius 2 is 1.83 bits per heavy atom. The number of nitrogens with one attached hydrogen (secondary N) is 2. The zero-order valence-electron chi connectivity index (χ0n) is 12.8. The molecule has 122 valence electrons. The van der Waals surface area contributed by atoms with Crippen LogP contribution in [0.2, 0.25) is 5.02 Å². The van der Waals surface area contributed by atoms with Gasteiger partial charge in [0.05, 0.1) is 12.1 Å². The molecule has 0 atom stereocenters. The fourth-order valence-corrected chi connectivity index (χ4v) is 2.12. The third-order valence-electron chi connectivity index (χ3n) is 3.19. The number of hydrogen-bond acceptors (Lipinski definition) is 7. The molecule has 0 saturated heterocycles. The maximum Gasteiger partial charge on any atom is 0.160 e. The van der Waals surface area contributed by atoms with E-state index in [2.05, 4.69) is 25.6 Å². The average molecular weight is 343 g/mol. The molecule has 1 aromatic carbocycles. The number of nitrogen functional groups attached to an aromatic ring is 1. The van der Waals surface area contributed by atoms with Crippen molar-refractivity contribution < 1.29 is 4.74 Å². The smallest absolute Gasteiger partial charge is 0.160 e. The van der Waals surface area contributed by atoms with Crippen LogP contribution in [0.15, 0.2) is 48.9 Å². The molecular weight excluding hydrogens is 328 g/mol. The molecule has 0 amide bonds. The molecule has 0 saturated carbocycles. The molecule has 8 heteroatoms. The number of ether oxygens (including phenoxy) is 1. The summed E-state index contributed by atoms with van der Waals surface area (Å²) in [6, 6.07) is 10.9. The zero-order chi connectivity index (χ0) is 16.9. The van der Waals surface area contributed by atoms with Gasteiger partial charge in [-0.05, 0) is 24.3 Å². The molecule has 0 radical (unpaired) electrons. The summed E-state index contributed by atoms with van der Waals surface area (Å²) in [5, 5.41) is 6.73. The highest BCUT2D eigenvalue weighted by Crippen LogP contribution is 2.28. The summed E-state index contributed by atoms with van der Waals surface area (Å²) >= 11 is 5.83. The molecule has 0 aliphatic heterocycles. The third kappa shape index (κ3) is 3.64. The van der Waals surface area contributed by atoms with Crippen molar-refractivity contribution in [2.75, 3.05) is 23.5 Å². The summed E-state index contributed by atoms with van der Waals surface area (Å²) in [6.45, 7) is 0. The van der Waals surface area contributed by atoms with Crippen LogP contribution in [0.1, 0.15) is 0 Å². The van der Waals surface area contributed by atoms with Crippen LogP contribution < -0.4 is 21.1 Å². The zero-order valence-corrected chi connectivity index (χ0v) is 13.6. The Hall–Kier alpha value is -3.06. The predicted octanol–water partition coefficient (Wildman–Crippen LogP) is 3.60. The Labute approximate surface area is 143 Å². The van der Waals surface area contributed by atoms with Gasteiger partial charge in [0.25, 0.3) is 0 Å². The molecule has 24 heavy (non-hydrogen) atoms. The van der Waals surface area contributed by atoms with Gasteiger partial charge in [-0.25, -0.2) is 15.0 Å². The molecule has 0 bridgehead atoms. The number of methoxy groups -OCH3 is 1. The number of pyridine rings is 1. The SMILES string of the molecule is COc1cccc(Nc2ncnc(Nc3ccc(Cl)cn3)c2N)c1. The first-order valence-electron chi connectivity index (χ1n) is 7.06. The summed E-state index contributed by atoms with van der Waals surface area (Å²) in [5.41, 5.74) is 7.32. The van der Waals surface area contributed by atoms with Crippen molar-refractivity contribution in [1.82, 2.24) is 15.0 Å². The number of anilines is 5. The van der Waals surface area contributed by atoms with Gasteiger partial charge in [0, 0.05) is 18.0 Å². The molecule has 3 aromatic rings. The van der Waals surface area contributed by atoms with Crippen LogP contribution in [-0.4, -0.2) is 22.1 Å². The van der Waals surface area contributed by atoms with Gasteiger partial charge in [0.15, 0.2) is 11.6 Å². The van der Waals surface area contributed by atoms with Crippen LogP contribution in [-0.2, 0) is 0 Å². The first-order chi connectivity index (χ1) is 11.7. The lowest BCUT2D eigenvalue weighted by molar-refractivity contribution is 0.415. The van der Waals surface area contributed by atoms with Crippen LogP contribution in [0, 0.1) is 0 Å². The quantitative estimate of drug-likeness (QED) is 0.651. The summed E-state index contributed by atoms with van der Waals surface area (Å²) in [6.07, 6.45) is 2.95. The van der Waals surface area contributed by atoms with Crippen LogP contribution in [0.3, 0.4) is 0 Å². The first-order valence-corrected chi connectivity index (χ1v) is 7.43. The standard InChI is InChI=1S/C16H15ClN6O/c1-24-12-4-2-3-11(7-12)22-15-14(18)16(21-9-20-15)23-13-6-5-10(17)8-19-13/h2-9H,18H2,1H3,(H2,19,20,21,22,23). The molecule has 7 nitrogen and oxygen atoms in total. The van der Waals surface area contributed by atoms with Crippen LogP contribution in [0.5, 0.6) is 5.75 Å². The fourth-order valence-electron chi connectivity index (χ4n) is 2.00. The normalized spacial score (nSPS) is 10.2. The first kappa shape index (κ1) is 15.8. The molecule has 4 N–H and O–H groups in total. The number of benzene rings is 1. The van der Waals surface area contributed by atoms with E-state index in [1.165, 1.54) is 12.5 Å². The average Bonchev–Trinajstić information content (AvgIpc) is 2.60. The van der Waals surface area contributed by atoms with Crippen molar-refractivity contribution in [3.05, 3.63) is 53.9 Å². The number of nitrogens with two attached hydrogens (primary N) is 1. The second-order valence-electron chi connectivity index (χ2n) is 4.83. The summed E-state index contributed by atoms with van der Waals surface area (Å²) in [4.78, 5) is 12.5. The molecule has 0 aliphatic carbocycles. The summed E-state index contributed by atoms with van der Waals surface area (Å²) < 4.78 is 5.20. The van der Waals surface area contributed by atoms with Crippen LogP contribution >= 0.6 is 11.6 Å². The third-order valence-corrected chi connectivity index (χ3v) is 3.41. The van der Waals surface area contributed by atoms with Crippen LogP contribution in [0.4, 0.5) is 28.8 Å². The van der Waals surface area contributed by atoms with Gasteiger partial charge in [-0.2, -0.15) is 0 Å². The van der Waals surface area contributed by atoms with E-state index in [1.807, 2.05) is 24.3 Å². The lowest BCUT2D eigenvalue weighted by atomic mass is 10.3. The van der Waals surface area contributed by atoms with E-state index in [4.69, 9.17) is 22.1 Å². The molecule has 0 fully saturated rings. The predicted molar refractivity (Wildman–Crippen MR) is 95.3 cm³/mol. The maximum absolute atomic E-state index is 6.14. The highest BCUT2D eigenvalue weighted by atomic mass is 35.5. The van der Waals surface area contributed by atoms with Crippen molar-refractivity contribution in [3.63, 3.8) is 0 Å². The number of rotatable bonds is 5. The maximum atomic E-state index is 6.14. The van der Waals surface area contributed by atoms with Gasteiger partial charge in [-0.3, -0.25) is 0 Å². The molecule has 0 unspecified atom stereocenters. The highest BCUT2D eigenvalue weighted by Gasteiger charge is 2.09. The van der Waals surface area contributed by atoms with Crippen molar-refractivity contribution in [3.8, 4) is 5.75 Å². The van der Waals surface area contributed by atoms with Gasteiger partial charge in [0.1, 0.15) is 23.6 Å². The monoisotopic (exact) mass is 342 g/mol. The lowest BCUT2D eigenvalue weighted by Gasteiger charge is -2.12. The Bertz CT molecular complexity index is 840. The molecule has 2 heterocycles. The van der Waals surface area contributed by atoms with Crippen molar-refractivity contribution in [2.45, 2.75) is 0 Å². The van der Waals surface area contributed by atoms with Gasteiger partial charge in [-0.15, -0.1) is 0 Å². The second kappa shape index (κ2) is 7.01. The van der Waals surface area contributed by atoms with E-state index in [-0.39, 0.29) is 0 Å². The minimum absolute atomic E-state index is 0.372. The van der Waals surface area contributed by atoms with E-state index in [9.17, 15) is 0 Å². The number of aromatic nitrogens is 3. The minimum atomic E-state index is 0.372. The Morgan fingerprint density at radius 3 is 2.54 bits per heavy atom. The van der Waals surface area contributed by atoms with Gasteiger partial charge in [0.2, 0.25) is 0 Å². The van der Waals surface area contributed by atoms with E-state index < -0.39 is 0 Å². The minimum Gasteiger partial charge on any atom is -0.497 e. The second-order valence-corrected chi connectivity index (χ2v) is 5.26. The topological polar surface area (TPSA) is 98.0 Å². The molecular formula is C16H15ClN6O. The molecule has 2 aromatic heterocycles. The van der Waals surface area contributed by atoms with Crippen molar-refractivity contribution in [1.29, 1.82) is 0 Å². The van der Waals surface area contributed by atoms with Gasteiger partial charge in [-0.1, -0.05) is 17.7 Å². The van der Waals surface area contributed by atoms with Crippen molar-refractivity contribution in [2.24, 2.45) is 0 Å². The Kier molecular flexibility index (Phi) is 4.62. The Balaban J connectivity index is 1.83. The van der Waals surface area contributed by atoms with E-state index in [0.717, 1.165) is 11.4 Å². The fraction of sp³-hybridized carbons (Fsp3) is 0.0625. The summed E-state index contributed by atoms with van der Waals surface area (Å²) in [7, 11) is 1.61. The largest absolute Gasteiger partial charge is 0.497 e. The number of nitrogens with zero attached hydrogens (tertiary/aromatic N) is 3. The summed E-state index contributed by atoms with van der Waals surface area (Å²) in [5.74, 6) is 2.24. The van der Waals surface area contributed by atoms with Gasteiger partial charge < -0.3 is 21.1 Å². The van der Waals surface area contributed by atoms with Gasteiger partial charge >= 0.3 is 0 Å². The van der Waals surface area contributed by atoms with E-state index in [0.29, 0.717) is 28.2 Å².